The van der Waals surface area contributed by atoms with E-state index in [-0.39, 0.29) is 0 Å². The van der Waals surface area contributed by atoms with Crippen molar-refractivity contribution in [2.24, 2.45) is 0 Å². The molecule has 3 aromatic heterocycles. The number of hydrogen-bond acceptors (Lipinski definition) is 4. The van der Waals surface area contributed by atoms with Crippen LogP contribution >= 0.6 is 22.7 Å². The Morgan fingerprint density at radius 1 is 0.345 bits per heavy atom. The van der Waals surface area contributed by atoms with E-state index in [2.05, 4.69) is 193 Å². The van der Waals surface area contributed by atoms with Gasteiger partial charge in [0.15, 0.2) is 0 Å². The largest absolute Gasteiger partial charge is 0.456 e. The van der Waals surface area contributed by atoms with Gasteiger partial charge in [-0.3, -0.25) is 0 Å². The van der Waals surface area contributed by atoms with Crippen LogP contribution in [0.4, 0.5) is 17.1 Å². The fourth-order valence-corrected chi connectivity index (χ4v) is 11.7. The number of hydrogen-bond donors (Lipinski definition) is 0. The number of anilines is 3. The van der Waals surface area contributed by atoms with Gasteiger partial charge < -0.3 is 9.32 Å². The maximum absolute atomic E-state index is 6.55. The number of thiophene rings is 2. The second-order valence-corrected chi connectivity index (χ2v) is 17.3. The Morgan fingerprint density at radius 2 is 1.02 bits per heavy atom. The predicted molar refractivity (Wildman–Crippen MR) is 252 cm³/mol. The van der Waals surface area contributed by atoms with Crippen molar-refractivity contribution in [2.45, 2.75) is 0 Å². The third-order valence-corrected chi connectivity index (χ3v) is 14.4. The van der Waals surface area contributed by atoms with Gasteiger partial charge in [-0.05, 0) is 105 Å². The highest BCUT2D eigenvalue weighted by Gasteiger charge is 2.20. The summed E-state index contributed by atoms with van der Waals surface area (Å²) in [5.74, 6) is 0. The van der Waals surface area contributed by atoms with E-state index in [1.807, 2.05) is 22.7 Å². The van der Waals surface area contributed by atoms with E-state index in [1.54, 1.807) is 0 Å². The Hall–Kier alpha value is -6.98. The molecule has 0 saturated carbocycles. The predicted octanol–water partition coefficient (Wildman–Crippen LogP) is 16.9. The zero-order chi connectivity index (χ0) is 37.9. The van der Waals surface area contributed by atoms with E-state index in [0.717, 1.165) is 39.1 Å². The number of rotatable bonds is 4. The van der Waals surface area contributed by atoms with E-state index in [0.29, 0.717) is 0 Å². The first-order chi connectivity index (χ1) is 28.7. The highest BCUT2D eigenvalue weighted by Crippen LogP contribution is 2.47. The van der Waals surface area contributed by atoms with Crippen molar-refractivity contribution in [2.75, 3.05) is 4.90 Å². The second kappa shape index (κ2) is 12.3. The van der Waals surface area contributed by atoms with E-state index >= 15 is 0 Å². The second-order valence-electron chi connectivity index (χ2n) is 15.2. The minimum absolute atomic E-state index is 0.908. The molecule has 2 nitrogen and oxygen atoms in total. The highest BCUT2D eigenvalue weighted by atomic mass is 32.1. The molecule has 58 heavy (non-hydrogen) atoms. The SMILES string of the molecule is c1ccc2c(c1)ccc1cc(N(c3ccc(-c4ccc5oc6ccc7ccc8sc9ccccc9c8c7c6c5c4)cc3)c3cccc4c3sc3ccccc34)ccc12. The minimum Gasteiger partial charge on any atom is -0.456 e. The number of benzene rings is 10. The smallest absolute Gasteiger partial charge is 0.136 e. The lowest BCUT2D eigenvalue weighted by Gasteiger charge is -2.27. The fraction of sp³-hybridized carbons (Fsp3) is 0. The third-order valence-electron chi connectivity index (χ3n) is 12.0. The summed E-state index contributed by atoms with van der Waals surface area (Å²) in [5.41, 5.74) is 7.58. The lowest BCUT2D eigenvalue weighted by molar-refractivity contribution is 0.669. The Balaban J connectivity index is 0.984. The maximum atomic E-state index is 6.55. The molecule has 10 aromatic carbocycles. The van der Waals surface area contributed by atoms with Crippen molar-refractivity contribution in [3.05, 3.63) is 188 Å². The van der Waals surface area contributed by atoms with Crippen LogP contribution in [0.15, 0.2) is 192 Å². The van der Waals surface area contributed by atoms with Gasteiger partial charge in [0, 0.05) is 63.2 Å². The summed E-state index contributed by atoms with van der Waals surface area (Å²) in [5, 5.41) is 15.1. The Kier molecular flexibility index (Phi) is 6.79. The summed E-state index contributed by atoms with van der Waals surface area (Å²) in [6.07, 6.45) is 0. The molecule has 0 spiro atoms. The highest BCUT2D eigenvalue weighted by molar-refractivity contribution is 7.26. The molecule has 0 fully saturated rings. The number of fused-ring (bicyclic) bond motifs is 15. The molecule has 0 bridgehead atoms. The Labute approximate surface area is 341 Å². The van der Waals surface area contributed by atoms with Gasteiger partial charge in [0.2, 0.25) is 0 Å². The van der Waals surface area contributed by atoms with Gasteiger partial charge in [-0.15, -0.1) is 22.7 Å². The number of furan rings is 1. The van der Waals surface area contributed by atoms with Gasteiger partial charge in [-0.2, -0.15) is 0 Å². The monoisotopic (exact) mass is 773 g/mol. The van der Waals surface area contributed by atoms with Gasteiger partial charge in [0.05, 0.1) is 10.4 Å². The maximum Gasteiger partial charge on any atom is 0.136 e. The topological polar surface area (TPSA) is 16.4 Å². The van der Waals surface area contributed by atoms with Crippen molar-refractivity contribution < 1.29 is 4.42 Å². The number of nitrogens with zero attached hydrogens (tertiary/aromatic N) is 1. The molecule has 0 unspecified atom stereocenters. The molecular formula is C54H31NOS2. The lowest BCUT2D eigenvalue weighted by Crippen LogP contribution is -2.10. The van der Waals surface area contributed by atoms with Crippen LogP contribution in [0.5, 0.6) is 0 Å². The molecule has 0 aliphatic heterocycles. The van der Waals surface area contributed by atoms with Crippen LogP contribution in [0.1, 0.15) is 0 Å². The quantitative estimate of drug-likeness (QED) is 0.166. The van der Waals surface area contributed by atoms with E-state index in [1.165, 1.54) is 83.7 Å². The summed E-state index contributed by atoms with van der Waals surface area (Å²) in [6.45, 7) is 0. The van der Waals surface area contributed by atoms with Crippen molar-refractivity contribution in [3.8, 4) is 11.1 Å². The minimum atomic E-state index is 0.908. The lowest BCUT2D eigenvalue weighted by atomic mass is 9.97. The average molecular weight is 774 g/mol. The van der Waals surface area contributed by atoms with Gasteiger partial charge in [0.25, 0.3) is 0 Å². The molecule has 4 heteroatoms. The van der Waals surface area contributed by atoms with Gasteiger partial charge in [-0.25, -0.2) is 0 Å². The first-order valence-electron chi connectivity index (χ1n) is 19.7. The Morgan fingerprint density at radius 3 is 1.91 bits per heavy atom. The third kappa shape index (κ3) is 4.70. The summed E-state index contributed by atoms with van der Waals surface area (Å²) in [6, 6.07) is 69.0. The van der Waals surface area contributed by atoms with Gasteiger partial charge >= 0.3 is 0 Å². The van der Waals surface area contributed by atoms with Crippen molar-refractivity contribution in [1.82, 2.24) is 0 Å². The van der Waals surface area contributed by atoms with Crippen LogP contribution < -0.4 is 4.90 Å². The molecule has 0 aliphatic carbocycles. The van der Waals surface area contributed by atoms with Crippen LogP contribution in [-0.2, 0) is 0 Å². The van der Waals surface area contributed by atoms with E-state index < -0.39 is 0 Å². The van der Waals surface area contributed by atoms with Crippen LogP contribution in [0.25, 0.3) is 106 Å². The molecule has 0 radical (unpaired) electrons. The standard InChI is InChI=1S/C54H31NOS2/c1-2-9-39-33(8-1)16-17-36-30-38(25-26-40(36)39)55(45-13-7-12-42-41-10-3-5-14-48(41)58-54(42)45)37-23-18-32(19-24-37)35-21-27-46-44(31-35)52-47(56-46)28-20-34-22-29-50-53(51(34)52)43-11-4-6-15-49(43)57-50/h1-31H. The van der Waals surface area contributed by atoms with Crippen LogP contribution in [-0.4, -0.2) is 0 Å². The first-order valence-corrected chi connectivity index (χ1v) is 21.3. The van der Waals surface area contributed by atoms with E-state index in [4.69, 9.17) is 4.42 Å². The Bertz CT molecular complexity index is 3810. The molecule has 0 amide bonds. The van der Waals surface area contributed by atoms with Crippen molar-refractivity contribution in [3.63, 3.8) is 0 Å². The van der Waals surface area contributed by atoms with Crippen molar-refractivity contribution in [1.29, 1.82) is 0 Å². The van der Waals surface area contributed by atoms with Crippen LogP contribution in [0.2, 0.25) is 0 Å². The normalized spacial score (nSPS) is 12.1. The van der Waals surface area contributed by atoms with Crippen molar-refractivity contribution >= 4 is 134 Å². The summed E-state index contributed by atoms with van der Waals surface area (Å²) < 4.78 is 11.7. The molecule has 0 saturated heterocycles. The molecule has 13 aromatic rings. The molecule has 0 N–H and O–H groups in total. The first kappa shape index (κ1) is 32.1. The molecule has 270 valence electrons. The fourth-order valence-electron chi connectivity index (χ4n) is 9.36. The zero-order valence-electron chi connectivity index (χ0n) is 31.1. The average Bonchev–Trinajstić information content (AvgIpc) is 3.98. The van der Waals surface area contributed by atoms with Crippen LogP contribution in [0, 0.1) is 0 Å². The molecule has 0 aliphatic rings. The van der Waals surface area contributed by atoms with E-state index in [9.17, 15) is 0 Å². The molecule has 0 atom stereocenters. The summed E-state index contributed by atoms with van der Waals surface area (Å²) >= 11 is 3.73. The zero-order valence-corrected chi connectivity index (χ0v) is 32.7. The van der Waals surface area contributed by atoms with Gasteiger partial charge in [-0.1, -0.05) is 121 Å². The summed E-state index contributed by atoms with van der Waals surface area (Å²) in [4.78, 5) is 2.44. The van der Waals surface area contributed by atoms with Gasteiger partial charge in [0.1, 0.15) is 11.2 Å². The molecule has 13 rings (SSSR count). The van der Waals surface area contributed by atoms with Crippen LogP contribution in [0.3, 0.4) is 0 Å². The molecular weight excluding hydrogens is 743 g/mol. The molecule has 3 heterocycles. The summed E-state index contributed by atoms with van der Waals surface area (Å²) in [7, 11) is 0.